The van der Waals surface area contributed by atoms with Gasteiger partial charge in [-0.1, -0.05) is 41.8 Å². The van der Waals surface area contributed by atoms with E-state index >= 15 is 0 Å². The Morgan fingerprint density at radius 2 is 1.74 bits per heavy atom. The molecule has 2 aromatic carbocycles. The van der Waals surface area contributed by atoms with Crippen LogP contribution in [0.4, 0.5) is 0 Å². The number of benzene rings is 2. The fraction of sp³-hybridized carbons (Fsp3) is 0.316. The molecule has 0 N–H and O–H groups in total. The van der Waals surface area contributed by atoms with Gasteiger partial charge < -0.3 is 4.74 Å². The van der Waals surface area contributed by atoms with Crippen molar-refractivity contribution >= 4 is 39.2 Å². The highest BCUT2D eigenvalue weighted by Gasteiger charge is 2.26. The molecule has 27 heavy (non-hydrogen) atoms. The van der Waals surface area contributed by atoms with Crippen LogP contribution in [0.2, 0.25) is 10.0 Å². The number of hydrogen-bond acceptors (Lipinski definition) is 4. The van der Waals surface area contributed by atoms with Crippen LogP contribution in [0.5, 0.6) is 0 Å². The van der Waals surface area contributed by atoms with Crippen LogP contribution in [0.15, 0.2) is 47.4 Å². The molecule has 0 aliphatic carbocycles. The molecule has 0 spiro atoms. The highest BCUT2D eigenvalue weighted by Crippen LogP contribution is 2.24. The molecule has 1 aliphatic heterocycles. The lowest BCUT2D eigenvalue weighted by Crippen LogP contribution is -2.35. The zero-order valence-corrected chi connectivity index (χ0v) is 16.9. The molecular formula is C19H19Cl2NO4S. The Labute approximate surface area is 168 Å². The van der Waals surface area contributed by atoms with E-state index in [9.17, 15) is 13.2 Å². The summed E-state index contributed by atoms with van der Waals surface area (Å²) in [4.78, 5) is 12.4. The van der Waals surface area contributed by atoms with E-state index in [1.807, 2.05) is 0 Å². The summed E-state index contributed by atoms with van der Waals surface area (Å²) >= 11 is 11.8. The lowest BCUT2D eigenvalue weighted by molar-refractivity contribution is 0.0472. The van der Waals surface area contributed by atoms with Gasteiger partial charge >= 0.3 is 5.97 Å². The van der Waals surface area contributed by atoms with E-state index in [0.717, 1.165) is 19.3 Å². The number of hydrogen-bond donors (Lipinski definition) is 0. The van der Waals surface area contributed by atoms with Crippen LogP contribution in [-0.4, -0.2) is 31.8 Å². The van der Waals surface area contributed by atoms with Crippen LogP contribution in [-0.2, 0) is 21.4 Å². The molecule has 0 amide bonds. The maximum atomic E-state index is 12.8. The molecule has 0 aromatic heterocycles. The molecule has 1 fully saturated rings. The van der Waals surface area contributed by atoms with Gasteiger partial charge in [-0.2, -0.15) is 4.31 Å². The number of nitrogens with zero attached hydrogens (tertiary/aromatic N) is 1. The third kappa shape index (κ3) is 4.82. The number of rotatable bonds is 5. The van der Waals surface area contributed by atoms with Crippen molar-refractivity contribution in [3.63, 3.8) is 0 Å². The molecule has 3 rings (SSSR count). The number of carbonyl (C=O) groups excluding carboxylic acids is 1. The first-order valence-corrected chi connectivity index (χ1v) is 10.8. The van der Waals surface area contributed by atoms with E-state index in [4.69, 9.17) is 27.9 Å². The van der Waals surface area contributed by atoms with Gasteiger partial charge in [0.1, 0.15) is 6.61 Å². The van der Waals surface area contributed by atoms with E-state index in [1.54, 1.807) is 24.3 Å². The van der Waals surface area contributed by atoms with E-state index < -0.39 is 16.0 Å². The van der Waals surface area contributed by atoms with Gasteiger partial charge in [0.15, 0.2) is 0 Å². The highest BCUT2D eigenvalue weighted by molar-refractivity contribution is 7.89. The van der Waals surface area contributed by atoms with E-state index in [2.05, 4.69) is 0 Å². The Morgan fingerprint density at radius 3 is 2.44 bits per heavy atom. The standard InChI is InChI=1S/C19H19Cl2NO4S/c20-17-8-7-14(11-18(17)21)13-26-19(23)15-5-4-6-16(12-15)27(24,25)22-9-2-1-3-10-22/h4-8,11-12H,1-3,9-10,13H2. The molecule has 1 saturated heterocycles. The number of halogens is 2. The molecule has 0 radical (unpaired) electrons. The fourth-order valence-corrected chi connectivity index (χ4v) is 4.78. The second kappa shape index (κ2) is 8.61. The Balaban J connectivity index is 1.72. The van der Waals surface area contributed by atoms with Crippen LogP contribution in [0, 0.1) is 0 Å². The molecule has 1 heterocycles. The first-order valence-electron chi connectivity index (χ1n) is 8.59. The van der Waals surface area contributed by atoms with Crippen molar-refractivity contribution in [1.29, 1.82) is 0 Å². The molecule has 5 nitrogen and oxygen atoms in total. The molecule has 2 aromatic rings. The largest absolute Gasteiger partial charge is 0.457 e. The average molecular weight is 428 g/mol. The number of sulfonamides is 1. The summed E-state index contributed by atoms with van der Waals surface area (Å²) in [5.41, 5.74) is 0.878. The zero-order chi connectivity index (χ0) is 19.4. The van der Waals surface area contributed by atoms with Crippen LogP contribution < -0.4 is 0 Å². The average Bonchev–Trinajstić information content (AvgIpc) is 2.69. The summed E-state index contributed by atoms with van der Waals surface area (Å²) < 4.78 is 32.3. The normalized spacial score (nSPS) is 15.5. The van der Waals surface area contributed by atoms with Gasteiger partial charge in [-0.25, -0.2) is 13.2 Å². The first kappa shape index (κ1) is 20.1. The predicted molar refractivity (Wildman–Crippen MR) is 105 cm³/mol. The molecule has 8 heteroatoms. The zero-order valence-electron chi connectivity index (χ0n) is 14.5. The van der Waals surface area contributed by atoms with Gasteiger partial charge in [0.25, 0.3) is 0 Å². The second-order valence-electron chi connectivity index (χ2n) is 6.32. The Hall–Kier alpha value is -1.60. The maximum absolute atomic E-state index is 12.8. The first-order chi connectivity index (χ1) is 12.9. The quantitative estimate of drug-likeness (QED) is 0.657. The van der Waals surface area contributed by atoms with E-state index in [-0.39, 0.29) is 17.1 Å². The topological polar surface area (TPSA) is 63.7 Å². The number of carbonyl (C=O) groups is 1. The van der Waals surface area contributed by atoms with Crippen molar-refractivity contribution in [3.8, 4) is 0 Å². The van der Waals surface area contributed by atoms with Crippen molar-refractivity contribution in [2.75, 3.05) is 13.1 Å². The van der Waals surface area contributed by atoms with Gasteiger partial charge in [0.2, 0.25) is 10.0 Å². The van der Waals surface area contributed by atoms with Gasteiger partial charge in [0.05, 0.1) is 20.5 Å². The number of esters is 1. The smallest absolute Gasteiger partial charge is 0.338 e. The van der Waals surface area contributed by atoms with Crippen molar-refractivity contribution in [2.24, 2.45) is 0 Å². The molecule has 0 saturated carbocycles. The van der Waals surface area contributed by atoms with E-state index in [0.29, 0.717) is 28.7 Å². The Kier molecular flexibility index (Phi) is 6.42. The lowest BCUT2D eigenvalue weighted by atomic mass is 10.2. The van der Waals surface area contributed by atoms with Crippen molar-refractivity contribution in [2.45, 2.75) is 30.8 Å². The SMILES string of the molecule is O=C(OCc1ccc(Cl)c(Cl)c1)c1cccc(S(=O)(=O)N2CCCCC2)c1. The van der Waals surface area contributed by atoms with Crippen LogP contribution in [0.3, 0.4) is 0 Å². The van der Waals surface area contributed by atoms with Gasteiger partial charge in [0, 0.05) is 13.1 Å². The summed E-state index contributed by atoms with van der Waals surface area (Å²) in [6, 6.07) is 10.9. The summed E-state index contributed by atoms with van der Waals surface area (Å²) in [6.45, 7) is 1.03. The maximum Gasteiger partial charge on any atom is 0.338 e. The molecule has 0 bridgehead atoms. The highest BCUT2D eigenvalue weighted by atomic mass is 35.5. The molecular weight excluding hydrogens is 409 g/mol. The van der Waals surface area contributed by atoms with Gasteiger partial charge in [-0.05, 0) is 48.7 Å². The minimum absolute atomic E-state index is 0.0127. The molecule has 0 atom stereocenters. The molecule has 144 valence electrons. The van der Waals surface area contributed by atoms with Crippen LogP contribution >= 0.6 is 23.2 Å². The number of piperidine rings is 1. The Bertz CT molecular complexity index is 940. The third-order valence-electron chi connectivity index (χ3n) is 4.38. The lowest BCUT2D eigenvalue weighted by Gasteiger charge is -2.25. The summed E-state index contributed by atoms with van der Waals surface area (Å²) in [7, 11) is -3.60. The van der Waals surface area contributed by atoms with E-state index in [1.165, 1.54) is 22.5 Å². The second-order valence-corrected chi connectivity index (χ2v) is 9.07. The minimum atomic E-state index is -3.60. The van der Waals surface area contributed by atoms with Crippen molar-refractivity contribution < 1.29 is 17.9 Å². The van der Waals surface area contributed by atoms with Gasteiger partial charge in [-0.3, -0.25) is 0 Å². The third-order valence-corrected chi connectivity index (χ3v) is 7.01. The summed E-state index contributed by atoms with van der Waals surface area (Å²) in [5, 5.41) is 0.794. The van der Waals surface area contributed by atoms with Crippen molar-refractivity contribution in [3.05, 3.63) is 63.6 Å². The summed E-state index contributed by atoms with van der Waals surface area (Å²) in [6.07, 6.45) is 2.74. The monoisotopic (exact) mass is 427 g/mol. The molecule has 1 aliphatic rings. The van der Waals surface area contributed by atoms with Crippen molar-refractivity contribution in [1.82, 2.24) is 4.31 Å². The predicted octanol–water partition coefficient (Wildman–Crippen LogP) is 4.53. The number of ether oxygens (including phenoxy) is 1. The van der Waals surface area contributed by atoms with Crippen LogP contribution in [0.25, 0.3) is 0 Å². The minimum Gasteiger partial charge on any atom is -0.457 e. The fourth-order valence-electron chi connectivity index (χ4n) is 2.90. The Morgan fingerprint density at radius 1 is 1.00 bits per heavy atom. The molecule has 0 unspecified atom stereocenters. The summed E-state index contributed by atoms with van der Waals surface area (Å²) in [5.74, 6) is -0.600. The van der Waals surface area contributed by atoms with Gasteiger partial charge in [-0.15, -0.1) is 0 Å². The van der Waals surface area contributed by atoms with Crippen LogP contribution in [0.1, 0.15) is 35.2 Å².